The highest BCUT2D eigenvalue weighted by atomic mass is 35.5. The zero-order chi connectivity index (χ0) is 15.6. The monoisotopic (exact) mass is 329 g/mol. The topological polar surface area (TPSA) is 83.5 Å². The van der Waals surface area contributed by atoms with Gasteiger partial charge in [-0.25, -0.2) is 17.6 Å². The van der Waals surface area contributed by atoms with Crippen LogP contribution in [-0.4, -0.2) is 19.5 Å². The van der Waals surface area contributed by atoms with Gasteiger partial charge in [0.15, 0.2) is 0 Å². The first-order valence-corrected chi connectivity index (χ1v) is 7.47. The summed E-state index contributed by atoms with van der Waals surface area (Å²) in [7, 11) is -4.12. The highest BCUT2D eigenvalue weighted by Gasteiger charge is 2.19. The van der Waals surface area contributed by atoms with Crippen molar-refractivity contribution in [3.63, 3.8) is 0 Å². The maximum absolute atomic E-state index is 13.3. The molecule has 0 radical (unpaired) electrons. The van der Waals surface area contributed by atoms with Crippen molar-refractivity contribution in [2.24, 2.45) is 0 Å². The molecule has 5 nitrogen and oxygen atoms in total. The summed E-state index contributed by atoms with van der Waals surface area (Å²) in [5, 5.41) is 8.79. The van der Waals surface area contributed by atoms with Crippen LogP contribution in [0.5, 0.6) is 0 Å². The number of aromatic carboxylic acids is 1. The molecule has 0 aliphatic rings. The average molecular weight is 330 g/mol. The molecular weight excluding hydrogens is 321 g/mol. The van der Waals surface area contributed by atoms with Crippen LogP contribution in [0.4, 0.5) is 10.1 Å². The minimum Gasteiger partial charge on any atom is -0.478 e. The van der Waals surface area contributed by atoms with E-state index in [9.17, 15) is 17.6 Å². The molecule has 110 valence electrons. The highest BCUT2D eigenvalue weighted by molar-refractivity contribution is 7.92. The number of rotatable bonds is 4. The standard InChI is InChI=1S/C13H9ClFNO4S/c14-10-6-5-8(7-11(10)15)21(19,20)16-12-4-2-1-3-9(12)13(17)18/h1-7,16H,(H,17,18). The summed E-state index contributed by atoms with van der Waals surface area (Å²) in [5.41, 5.74) is -0.323. The minimum atomic E-state index is -4.12. The fourth-order valence-corrected chi connectivity index (χ4v) is 2.82. The summed E-state index contributed by atoms with van der Waals surface area (Å²) < 4.78 is 39.7. The summed E-state index contributed by atoms with van der Waals surface area (Å²) in [6.45, 7) is 0. The molecule has 21 heavy (non-hydrogen) atoms. The molecule has 0 heterocycles. The molecule has 2 aromatic carbocycles. The van der Waals surface area contributed by atoms with E-state index in [1.165, 1.54) is 24.3 Å². The Morgan fingerprint density at radius 3 is 2.48 bits per heavy atom. The number of halogens is 2. The predicted octanol–water partition coefficient (Wildman–Crippen LogP) is 2.98. The number of sulfonamides is 1. The molecule has 0 bridgehead atoms. The average Bonchev–Trinajstić information content (AvgIpc) is 2.41. The first-order chi connectivity index (χ1) is 9.81. The molecule has 8 heteroatoms. The number of carbonyl (C=O) groups is 1. The molecule has 0 aromatic heterocycles. The van der Waals surface area contributed by atoms with Crippen LogP contribution in [0, 0.1) is 5.82 Å². The van der Waals surface area contributed by atoms with Crippen LogP contribution in [0.1, 0.15) is 10.4 Å². The molecule has 0 saturated carbocycles. The second kappa shape index (κ2) is 5.71. The third kappa shape index (κ3) is 3.32. The number of hydrogen-bond acceptors (Lipinski definition) is 3. The summed E-state index contributed by atoms with van der Waals surface area (Å²) in [6, 6.07) is 8.48. The number of hydrogen-bond donors (Lipinski definition) is 2. The lowest BCUT2D eigenvalue weighted by molar-refractivity contribution is 0.0698. The van der Waals surface area contributed by atoms with Crippen molar-refractivity contribution >= 4 is 33.3 Å². The molecule has 0 aliphatic carbocycles. The molecule has 0 atom stereocenters. The Labute approximate surface area is 125 Å². The van der Waals surface area contributed by atoms with Crippen molar-refractivity contribution in [2.75, 3.05) is 4.72 Å². The van der Waals surface area contributed by atoms with Gasteiger partial charge in [-0.05, 0) is 30.3 Å². The Morgan fingerprint density at radius 2 is 1.86 bits per heavy atom. The van der Waals surface area contributed by atoms with Crippen LogP contribution >= 0.6 is 11.6 Å². The molecule has 0 saturated heterocycles. The van der Waals surface area contributed by atoms with Gasteiger partial charge >= 0.3 is 5.97 Å². The molecule has 2 aromatic rings. The lowest BCUT2D eigenvalue weighted by atomic mass is 10.2. The SMILES string of the molecule is O=C(O)c1ccccc1NS(=O)(=O)c1ccc(Cl)c(F)c1. The molecule has 2 N–H and O–H groups in total. The van der Waals surface area contributed by atoms with Crippen molar-refractivity contribution in [1.29, 1.82) is 0 Å². The van der Waals surface area contributed by atoms with E-state index >= 15 is 0 Å². The number of para-hydroxylation sites is 1. The number of benzene rings is 2. The van der Waals surface area contributed by atoms with E-state index in [0.717, 1.165) is 18.2 Å². The van der Waals surface area contributed by atoms with Crippen LogP contribution in [-0.2, 0) is 10.0 Å². The van der Waals surface area contributed by atoms with E-state index in [0.29, 0.717) is 0 Å². The second-order valence-corrected chi connectivity index (χ2v) is 6.12. The van der Waals surface area contributed by atoms with Gasteiger partial charge in [0.2, 0.25) is 0 Å². The Morgan fingerprint density at radius 1 is 1.19 bits per heavy atom. The summed E-state index contributed by atoms with van der Waals surface area (Å²) in [4.78, 5) is 10.7. The summed E-state index contributed by atoms with van der Waals surface area (Å²) >= 11 is 5.49. The van der Waals surface area contributed by atoms with Gasteiger partial charge in [-0.15, -0.1) is 0 Å². The Balaban J connectivity index is 2.42. The van der Waals surface area contributed by atoms with Crippen molar-refractivity contribution in [3.8, 4) is 0 Å². The van der Waals surface area contributed by atoms with Crippen molar-refractivity contribution in [2.45, 2.75) is 4.90 Å². The molecule has 0 aliphatic heterocycles. The van der Waals surface area contributed by atoms with E-state index in [2.05, 4.69) is 4.72 Å². The van der Waals surface area contributed by atoms with Crippen molar-refractivity contribution < 1.29 is 22.7 Å². The Kier molecular flexibility index (Phi) is 4.15. The number of nitrogens with one attached hydrogen (secondary N) is 1. The number of carboxylic acids is 1. The zero-order valence-corrected chi connectivity index (χ0v) is 12.0. The highest BCUT2D eigenvalue weighted by Crippen LogP contribution is 2.23. The Hall–Kier alpha value is -2.12. The molecular formula is C13H9ClFNO4S. The molecule has 0 spiro atoms. The van der Waals surface area contributed by atoms with E-state index in [-0.39, 0.29) is 21.2 Å². The molecule has 2 rings (SSSR count). The fourth-order valence-electron chi connectivity index (χ4n) is 1.61. The smallest absolute Gasteiger partial charge is 0.337 e. The van der Waals surface area contributed by atoms with Crippen molar-refractivity contribution in [3.05, 3.63) is 58.9 Å². The predicted molar refractivity (Wildman–Crippen MR) is 75.6 cm³/mol. The van der Waals surface area contributed by atoms with Gasteiger partial charge in [0.25, 0.3) is 10.0 Å². The van der Waals surface area contributed by atoms with Crippen LogP contribution < -0.4 is 4.72 Å². The maximum atomic E-state index is 13.3. The quantitative estimate of drug-likeness (QED) is 0.903. The third-order valence-corrected chi connectivity index (χ3v) is 4.27. The fraction of sp³-hybridized carbons (Fsp3) is 0. The largest absolute Gasteiger partial charge is 0.478 e. The summed E-state index contributed by atoms with van der Waals surface area (Å²) in [6.07, 6.45) is 0. The second-order valence-electron chi connectivity index (χ2n) is 4.03. The van der Waals surface area contributed by atoms with Crippen LogP contribution in [0.15, 0.2) is 47.4 Å². The van der Waals surface area contributed by atoms with E-state index in [4.69, 9.17) is 16.7 Å². The van der Waals surface area contributed by atoms with E-state index in [1.54, 1.807) is 0 Å². The first-order valence-electron chi connectivity index (χ1n) is 5.61. The van der Waals surface area contributed by atoms with Gasteiger partial charge < -0.3 is 5.11 Å². The summed E-state index contributed by atoms with van der Waals surface area (Å²) in [5.74, 6) is -2.17. The normalized spacial score (nSPS) is 11.1. The number of carboxylic acid groups (broad SMARTS) is 1. The lowest BCUT2D eigenvalue weighted by Gasteiger charge is -2.10. The van der Waals surface area contributed by atoms with Crippen LogP contribution in [0.25, 0.3) is 0 Å². The van der Waals surface area contributed by atoms with Gasteiger partial charge in [-0.2, -0.15) is 0 Å². The van der Waals surface area contributed by atoms with Crippen molar-refractivity contribution in [1.82, 2.24) is 0 Å². The molecule has 0 fully saturated rings. The lowest BCUT2D eigenvalue weighted by Crippen LogP contribution is -2.15. The first kappa shape index (κ1) is 15.3. The molecule has 0 unspecified atom stereocenters. The number of anilines is 1. The molecule has 0 amide bonds. The van der Waals surface area contributed by atoms with Gasteiger partial charge in [0.05, 0.1) is 21.2 Å². The maximum Gasteiger partial charge on any atom is 0.337 e. The van der Waals surface area contributed by atoms with Crippen LogP contribution in [0.3, 0.4) is 0 Å². The van der Waals surface area contributed by atoms with Gasteiger partial charge in [-0.3, -0.25) is 4.72 Å². The van der Waals surface area contributed by atoms with Gasteiger partial charge in [0, 0.05) is 0 Å². The third-order valence-electron chi connectivity index (χ3n) is 2.60. The van der Waals surface area contributed by atoms with Gasteiger partial charge in [-0.1, -0.05) is 23.7 Å². The Bertz CT molecular complexity index is 808. The minimum absolute atomic E-state index is 0.111. The van der Waals surface area contributed by atoms with E-state index in [1.807, 2.05) is 0 Å². The zero-order valence-electron chi connectivity index (χ0n) is 10.4. The van der Waals surface area contributed by atoms with Crippen LogP contribution in [0.2, 0.25) is 5.02 Å². The van der Waals surface area contributed by atoms with E-state index < -0.39 is 21.8 Å². The van der Waals surface area contributed by atoms with Gasteiger partial charge in [0.1, 0.15) is 5.82 Å².